The van der Waals surface area contributed by atoms with Crippen LogP contribution in [0.1, 0.15) is 24.5 Å². The largest absolute Gasteiger partial charge is 0.379 e. The number of morpholine rings is 1. The van der Waals surface area contributed by atoms with Crippen LogP contribution in [0.5, 0.6) is 0 Å². The second-order valence-electron chi connectivity index (χ2n) is 5.86. The summed E-state index contributed by atoms with van der Waals surface area (Å²) in [6.45, 7) is 6.87. The van der Waals surface area contributed by atoms with Gasteiger partial charge in [-0.15, -0.1) is 0 Å². The van der Waals surface area contributed by atoms with E-state index in [9.17, 15) is 0 Å². The van der Waals surface area contributed by atoms with Gasteiger partial charge in [-0.25, -0.2) is 0 Å². The number of nitrogens with one attached hydrogen (secondary N) is 1. The van der Waals surface area contributed by atoms with Gasteiger partial charge in [0.1, 0.15) is 0 Å². The number of hydrogen-bond acceptors (Lipinski definition) is 4. The number of nitrogens with zero attached hydrogens (tertiary/aromatic N) is 1. The molecule has 116 valence electrons. The quantitative estimate of drug-likeness (QED) is 0.897. The summed E-state index contributed by atoms with van der Waals surface area (Å²) < 4.78 is 11.4. The Hall–Kier alpha value is -0.940. The Morgan fingerprint density at radius 3 is 2.71 bits per heavy atom. The topological polar surface area (TPSA) is 33.7 Å². The molecule has 1 N–H and O–H groups in total. The van der Waals surface area contributed by atoms with Crippen molar-refractivity contribution in [2.45, 2.75) is 25.0 Å². The van der Waals surface area contributed by atoms with Crippen molar-refractivity contribution in [1.29, 1.82) is 0 Å². The zero-order chi connectivity index (χ0) is 14.3. The normalized spacial score (nSPS) is 27.6. The molecule has 2 heterocycles. The van der Waals surface area contributed by atoms with Crippen molar-refractivity contribution in [3.05, 3.63) is 35.9 Å². The van der Waals surface area contributed by atoms with E-state index in [1.54, 1.807) is 0 Å². The second kappa shape index (κ2) is 7.90. The highest BCUT2D eigenvalue weighted by atomic mass is 16.5. The third-order valence-corrected chi connectivity index (χ3v) is 4.39. The molecule has 2 saturated heterocycles. The molecule has 0 amide bonds. The highest BCUT2D eigenvalue weighted by Gasteiger charge is 2.26. The van der Waals surface area contributed by atoms with Gasteiger partial charge in [0.2, 0.25) is 0 Å². The Morgan fingerprint density at radius 1 is 1.10 bits per heavy atom. The Labute approximate surface area is 127 Å². The molecule has 0 spiro atoms. The van der Waals surface area contributed by atoms with Crippen LogP contribution in [0, 0.1) is 0 Å². The SMILES string of the molecule is c1ccc(C2OCCCC2NCCN2CCOCC2)cc1. The minimum Gasteiger partial charge on any atom is -0.379 e. The lowest BCUT2D eigenvalue weighted by molar-refractivity contribution is -0.0124. The molecule has 2 aliphatic heterocycles. The maximum absolute atomic E-state index is 6.02. The lowest BCUT2D eigenvalue weighted by Crippen LogP contribution is -2.45. The van der Waals surface area contributed by atoms with E-state index in [-0.39, 0.29) is 6.10 Å². The second-order valence-corrected chi connectivity index (χ2v) is 5.86. The van der Waals surface area contributed by atoms with E-state index in [0.717, 1.165) is 52.4 Å². The molecule has 0 radical (unpaired) electrons. The van der Waals surface area contributed by atoms with Crippen LogP contribution in [0.4, 0.5) is 0 Å². The zero-order valence-electron chi connectivity index (χ0n) is 12.7. The fourth-order valence-electron chi connectivity index (χ4n) is 3.19. The summed E-state index contributed by atoms with van der Waals surface area (Å²) in [5, 5.41) is 3.71. The van der Waals surface area contributed by atoms with Crippen LogP contribution in [-0.4, -0.2) is 56.9 Å². The van der Waals surface area contributed by atoms with Crippen LogP contribution in [0.3, 0.4) is 0 Å². The van der Waals surface area contributed by atoms with Crippen molar-refractivity contribution in [3.8, 4) is 0 Å². The van der Waals surface area contributed by atoms with E-state index in [0.29, 0.717) is 6.04 Å². The zero-order valence-corrected chi connectivity index (χ0v) is 12.7. The van der Waals surface area contributed by atoms with E-state index in [1.165, 1.54) is 12.0 Å². The molecule has 1 aromatic rings. The van der Waals surface area contributed by atoms with E-state index in [1.807, 2.05) is 0 Å². The molecule has 21 heavy (non-hydrogen) atoms. The molecule has 4 nitrogen and oxygen atoms in total. The Kier molecular flexibility index (Phi) is 5.63. The number of hydrogen-bond donors (Lipinski definition) is 1. The third-order valence-electron chi connectivity index (χ3n) is 4.39. The van der Waals surface area contributed by atoms with E-state index in [2.05, 4.69) is 40.5 Å². The van der Waals surface area contributed by atoms with Gasteiger partial charge in [-0.3, -0.25) is 4.90 Å². The average molecular weight is 290 g/mol. The molecule has 0 bridgehead atoms. The standard InChI is InChI=1S/C17H26N2O2/c1-2-5-15(6-3-1)17-16(7-4-12-21-17)18-8-9-19-10-13-20-14-11-19/h1-3,5-6,16-18H,4,7-14H2. The number of benzene rings is 1. The molecule has 0 aromatic heterocycles. The number of ether oxygens (including phenoxy) is 2. The summed E-state index contributed by atoms with van der Waals surface area (Å²) in [6.07, 6.45) is 2.55. The maximum Gasteiger partial charge on any atom is 0.0977 e. The molecule has 2 atom stereocenters. The summed E-state index contributed by atoms with van der Waals surface area (Å²) in [7, 11) is 0. The van der Waals surface area contributed by atoms with Gasteiger partial charge in [-0.2, -0.15) is 0 Å². The first-order valence-electron chi connectivity index (χ1n) is 8.13. The van der Waals surface area contributed by atoms with Gasteiger partial charge in [-0.1, -0.05) is 30.3 Å². The van der Waals surface area contributed by atoms with Crippen molar-refractivity contribution in [2.24, 2.45) is 0 Å². The van der Waals surface area contributed by atoms with Crippen LogP contribution in [-0.2, 0) is 9.47 Å². The molecule has 1 aromatic carbocycles. The Bertz CT molecular complexity index is 407. The van der Waals surface area contributed by atoms with Gasteiger partial charge in [0, 0.05) is 38.8 Å². The van der Waals surface area contributed by atoms with Crippen molar-refractivity contribution in [3.63, 3.8) is 0 Å². The van der Waals surface area contributed by atoms with Gasteiger partial charge in [-0.05, 0) is 18.4 Å². The molecule has 2 fully saturated rings. The van der Waals surface area contributed by atoms with Crippen LogP contribution in [0.2, 0.25) is 0 Å². The van der Waals surface area contributed by atoms with Gasteiger partial charge in [0.15, 0.2) is 0 Å². The van der Waals surface area contributed by atoms with Crippen molar-refractivity contribution >= 4 is 0 Å². The number of rotatable bonds is 5. The van der Waals surface area contributed by atoms with Crippen LogP contribution in [0.25, 0.3) is 0 Å². The molecular formula is C17H26N2O2. The molecular weight excluding hydrogens is 264 g/mol. The Morgan fingerprint density at radius 2 is 1.90 bits per heavy atom. The summed E-state index contributed by atoms with van der Waals surface area (Å²) in [6, 6.07) is 11.0. The first-order valence-corrected chi connectivity index (χ1v) is 8.13. The van der Waals surface area contributed by atoms with Crippen molar-refractivity contribution < 1.29 is 9.47 Å². The van der Waals surface area contributed by atoms with Crippen molar-refractivity contribution in [2.75, 3.05) is 46.0 Å². The lowest BCUT2D eigenvalue weighted by Gasteiger charge is -2.34. The third kappa shape index (κ3) is 4.27. The minimum atomic E-state index is 0.199. The van der Waals surface area contributed by atoms with Crippen LogP contribution < -0.4 is 5.32 Å². The smallest absolute Gasteiger partial charge is 0.0977 e. The summed E-state index contributed by atoms with van der Waals surface area (Å²) in [4.78, 5) is 2.47. The van der Waals surface area contributed by atoms with Crippen LogP contribution >= 0.6 is 0 Å². The molecule has 4 heteroatoms. The molecule has 3 rings (SSSR count). The fourth-order valence-corrected chi connectivity index (χ4v) is 3.19. The fraction of sp³-hybridized carbons (Fsp3) is 0.647. The first-order chi connectivity index (χ1) is 10.4. The summed E-state index contributed by atoms with van der Waals surface area (Å²) in [5.41, 5.74) is 1.29. The van der Waals surface area contributed by atoms with E-state index in [4.69, 9.17) is 9.47 Å². The monoisotopic (exact) mass is 290 g/mol. The predicted octanol–water partition coefficient (Wildman–Crippen LogP) is 1.83. The molecule has 0 aliphatic carbocycles. The first kappa shape index (κ1) is 15.0. The lowest BCUT2D eigenvalue weighted by atomic mass is 9.96. The maximum atomic E-state index is 6.02. The molecule has 2 aliphatic rings. The summed E-state index contributed by atoms with van der Waals surface area (Å²) >= 11 is 0. The average Bonchev–Trinajstić information content (AvgIpc) is 2.57. The van der Waals surface area contributed by atoms with E-state index < -0.39 is 0 Å². The van der Waals surface area contributed by atoms with Gasteiger partial charge in [0.25, 0.3) is 0 Å². The highest BCUT2D eigenvalue weighted by Crippen LogP contribution is 2.28. The van der Waals surface area contributed by atoms with Gasteiger partial charge in [0.05, 0.1) is 19.3 Å². The predicted molar refractivity (Wildman–Crippen MR) is 83.4 cm³/mol. The minimum absolute atomic E-state index is 0.199. The Balaban J connectivity index is 1.50. The van der Waals surface area contributed by atoms with Crippen LogP contribution in [0.15, 0.2) is 30.3 Å². The highest BCUT2D eigenvalue weighted by molar-refractivity contribution is 5.19. The summed E-state index contributed by atoms with van der Waals surface area (Å²) in [5.74, 6) is 0. The molecule has 0 saturated carbocycles. The van der Waals surface area contributed by atoms with E-state index >= 15 is 0 Å². The van der Waals surface area contributed by atoms with Crippen molar-refractivity contribution in [1.82, 2.24) is 10.2 Å². The van der Waals surface area contributed by atoms with Gasteiger partial charge < -0.3 is 14.8 Å². The van der Waals surface area contributed by atoms with Gasteiger partial charge >= 0.3 is 0 Å². The molecule has 2 unspecified atom stereocenters.